The van der Waals surface area contributed by atoms with Gasteiger partial charge >= 0.3 is 0 Å². The molecule has 1 aromatic heterocycles. The molecule has 3 aromatic rings. The first-order valence-electron chi connectivity index (χ1n) is 8.69. The van der Waals surface area contributed by atoms with Crippen LogP contribution in [0.1, 0.15) is 17.3 Å². The van der Waals surface area contributed by atoms with Crippen molar-refractivity contribution in [2.75, 3.05) is 7.11 Å². The quantitative estimate of drug-likeness (QED) is 0.262. The van der Waals surface area contributed by atoms with Gasteiger partial charge in [0.05, 0.1) is 17.9 Å². The van der Waals surface area contributed by atoms with Gasteiger partial charge < -0.3 is 4.74 Å². The molecule has 0 spiro atoms. The van der Waals surface area contributed by atoms with E-state index in [4.69, 9.17) is 4.74 Å². The number of hydrogen-bond acceptors (Lipinski definition) is 5. The molecule has 0 saturated heterocycles. The fourth-order valence-electron chi connectivity index (χ4n) is 2.76. The van der Waals surface area contributed by atoms with E-state index in [0.29, 0.717) is 23.1 Å². The Morgan fingerprint density at radius 3 is 2.64 bits per heavy atom. The molecule has 7 heteroatoms. The Balaban J connectivity index is 1.90. The Hall–Kier alpha value is -2.38. The number of rotatable bonds is 8. The molecule has 5 nitrogen and oxygen atoms in total. The third-order valence-corrected chi connectivity index (χ3v) is 5.77. The summed E-state index contributed by atoms with van der Waals surface area (Å²) in [6, 6.07) is 15.0. The largest absolute Gasteiger partial charge is 0.496 e. The molecule has 3 rings (SSSR count). The molecule has 0 unspecified atom stereocenters. The number of carbonyl (C=O) groups is 1. The van der Waals surface area contributed by atoms with Gasteiger partial charge in [-0.3, -0.25) is 9.36 Å². The van der Waals surface area contributed by atoms with Crippen LogP contribution < -0.4 is 4.74 Å². The fraction of sp³-hybridized carbons (Fsp3) is 0.190. The summed E-state index contributed by atoms with van der Waals surface area (Å²) in [5.74, 6) is 1.45. The number of hydrogen-bond donors (Lipinski definition) is 0. The maximum Gasteiger partial charge on any atom is 0.192 e. The number of nitrogens with zero attached hydrogens (tertiary/aromatic N) is 3. The molecular formula is C21H20BrN3O2S. The highest BCUT2D eigenvalue weighted by molar-refractivity contribution is 9.10. The zero-order valence-electron chi connectivity index (χ0n) is 15.6. The molecule has 28 heavy (non-hydrogen) atoms. The molecule has 1 atom stereocenters. The van der Waals surface area contributed by atoms with Crippen LogP contribution in [0.4, 0.5) is 0 Å². The van der Waals surface area contributed by atoms with Crippen molar-refractivity contribution in [3.8, 4) is 17.1 Å². The first-order chi connectivity index (χ1) is 13.5. The molecule has 0 saturated carbocycles. The maximum atomic E-state index is 12.8. The monoisotopic (exact) mass is 457 g/mol. The number of ether oxygens (including phenoxy) is 1. The van der Waals surface area contributed by atoms with Crippen molar-refractivity contribution >= 4 is 33.5 Å². The van der Waals surface area contributed by atoms with Gasteiger partial charge in [0.25, 0.3) is 0 Å². The van der Waals surface area contributed by atoms with E-state index in [9.17, 15) is 4.79 Å². The second-order valence-electron chi connectivity index (χ2n) is 6.04. The average Bonchev–Trinajstić information content (AvgIpc) is 3.10. The third-order valence-electron chi connectivity index (χ3n) is 4.16. The number of allylic oxidation sites excluding steroid dienone is 1. The first kappa shape index (κ1) is 20.4. The van der Waals surface area contributed by atoms with Crippen LogP contribution in [-0.4, -0.2) is 32.9 Å². The van der Waals surface area contributed by atoms with Gasteiger partial charge in [0, 0.05) is 16.6 Å². The van der Waals surface area contributed by atoms with E-state index in [1.54, 1.807) is 13.2 Å². The summed E-state index contributed by atoms with van der Waals surface area (Å²) in [5.41, 5.74) is 1.51. The highest BCUT2D eigenvalue weighted by atomic mass is 79.9. The van der Waals surface area contributed by atoms with Gasteiger partial charge in [-0.25, -0.2) is 0 Å². The minimum Gasteiger partial charge on any atom is -0.496 e. The van der Waals surface area contributed by atoms with Crippen molar-refractivity contribution in [2.45, 2.75) is 23.9 Å². The van der Waals surface area contributed by atoms with Gasteiger partial charge in [0.2, 0.25) is 0 Å². The van der Waals surface area contributed by atoms with Crippen LogP contribution >= 0.6 is 27.7 Å². The lowest BCUT2D eigenvalue weighted by Crippen LogP contribution is -2.14. The standard InChI is InChI=1S/C21H20BrN3O2S/c1-4-13-25-20(17-7-5-6-8-18(17)27-3)23-24-21(25)28-14(2)19(26)15-9-11-16(22)12-10-15/h4-12,14H,1,13H2,2-3H3/t14-/m0/s1. The molecule has 1 heterocycles. The van der Waals surface area contributed by atoms with Crippen molar-refractivity contribution < 1.29 is 9.53 Å². The fourth-order valence-corrected chi connectivity index (χ4v) is 3.96. The van der Waals surface area contributed by atoms with E-state index < -0.39 is 0 Å². The minimum absolute atomic E-state index is 0.0458. The molecule has 0 aliphatic carbocycles. The van der Waals surface area contributed by atoms with E-state index in [1.165, 1.54) is 11.8 Å². The van der Waals surface area contributed by atoms with E-state index >= 15 is 0 Å². The average molecular weight is 458 g/mol. The Morgan fingerprint density at radius 1 is 1.25 bits per heavy atom. The number of benzene rings is 2. The summed E-state index contributed by atoms with van der Waals surface area (Å²) in [7, 11) is 1.63. The lowest BCUT2D eigenvalue weighted by Gasteiger charge is -2.13. The maximum absolute atomic E-state index is 12.8. The summed E-state index contributed by atoms with van der Waals surface area (Å²) in [4.78, 5) is 12.8. The summed E-state index contributed by atoms with van der Waals surface area (Å²) < 4.78 is 8.34. The number of para-hydroxylation sites is 1. The SMILES string of the molecule is C=CCn1c(S[C@@H](C)C(=O)c2ccc(Br)cc2)nnc1-c1ccccc1OC. The smallest absolute Gasteiger partial charge is 0.192 e. The zero-order valence-corrected chi connectivity index (χ0v) is 18.0. The van der Waals surface area contributed by atoms with Crippen molar-refractivity contribution in [1.82, 2.24) is 14.8 Å². The van der Waals surface area contributed by atoms with E-state index in [1.807, 2.05) is 60.0 Å². The lowest BCUT2D eigenvalue weighted by molar-refractivity contribution is 0.0994. The number of methoxy groups -OCH3 is 1. The minimum atomic E-state index is -0.306. The van der Waals surface area contributed by atoms with Crippen LogP contribution in [0.5, 0.6) is 5.75 Å². The van der Waals surface area contributed by atoms with Crippen LogP contribution in [0.3, 0.4) is 0 Å². The summed E-state index contributed by atoms with van der Waals surface area (Å²) >= 11 is 4.78. The number of thioether (sulfide) groups is 1. The summed E-state index contributed by atoms with van der Waals surface area (Å²) in [5, 5.41) is 9.05. The van der Waals surface area contributed by atoms with Crippen LogP contribution in [0.25, 0.3) is 11.4 Å². The van der Waals surface area contributed by atoms with Crippen LogP contribution in [-0.2, 0) is 6.54 Å². The van der Waals surface area contributed by atoms with E-state index in [-0.39, 0.29) is 11.0 Å². The zero-order chi connectivity index (χ0) is 20.1. The molecule has 0 aliphatic heterocycles. The van der Waals surface area contributed by atoms with Crippen molar-refractivity contribution in [3.63, 3.8) is 0 Å². The number of ketones is 1. The van der Waals surface area contributed by atoms with E-state index in [0.717, 1.165) is 15.8 Å². The van der Waals surface area contributed by atoms with Gasteiger partial charge in [-0.1, -0.05) is 58.0 Å². The molecule has 0 radical (unpaired) electrons. The van der Waals surface area contributed by atoms with Gasteiger partial charge in [-0.2, -0.15) is 0 Å². The van der Waals surface area contributed by atoms with Gasteiger partial charge in [0.15, 0.2) is 16.8 Å². The molecular weight excluding hydrogens is 438 g/mol. The van der Waals surface area contributed by atoms with Crippen molar-refractivity contribution in [2.24, 2.45) is 0 Å². The Kier molecular flexibility index (Phi) is 6.70. The normalized spacial score (nSPS) is 11.8. The van der Waals surface area contributed by atoms with Gasteiger partial charge in [-0.15, -0.1) is 16.8 Å². The molecule has 0 N–H and O–H groups in total. The first-order valence-corrected chi connectivity index (χ1v) is 10.4. The van der Waals surface area contributed by atoms with Gasteiger partial charge in [0.1, 0.15) is 5.75 Å². The number of aromatic nitrogens is 3. The van der Waals surface area contributed by atoms with Crippen molar-refractivity contribution in [3.05, 3.63) is 71.2 Å². The highest BCUT2D eigenvalue weighted by Crippen LogP contribution is 2.32. The second-order valence-corrected chi connectivity index (χ2v) is 8.26. The molecule has 144 valence electrons. The van der Waals surface area contributed by atoms with Crippen LogP contribution in [0.2, 0.25) is 0 Å². The number of halogens is 1. The molecule has 0 bridgehead atoms. The number of Topliss-reactive ketones (excluding diaryl/α,β-unsaturated/α-hetero) is 1. The topological polar surface area (TPSA) is 57.0 Å². The summed E-state index contributed by atoms with van der Waals surface area (Å²) in [6.45, 7) is 6.25. The highest BCUT2D eigenvalue weighted by Gasteiger charge is 2.22. The molecule has 0 aliphatic rings. The van der Waals surface area contributed by atoms with Crippen molar-refractivity contribution in [1.29, 1.82) is 0 Å². The molecule has 0 amide bonds. The Morgan fingerprint density at radius 2 is 1.96 bits per heavy atom. The van der Waals surface area contributed by atoms with E-state index in [2.05, 4.69) is 32.7 Å². The Labute approximate surface area is 177 Å². The predicted molar refractivity (Wildman–Crippen MR) is 116 cm³/mol. The lowest BCUT2D eigenvalue weighted by atomic mass is 10.1. The molecule has 2 aromatic carbocycles. The van der Waals surface area contributed by atoms with Crippen LogP contribution in [0, 0.1) is 0 Å². The van der Waals surface area contributed by atoms with Crippen LogP contribution in [0.15, 0.2) is 70.8 Å². The summed E-state index contributed by atoms with van der Waals surface area (Å²) in [6.07, 6.45) is 1.79. The number of carbonyl (C=O) groups excluding carboxylic acids is 1. The third kappa shape index (κ3) is 4.36. The Bertz CT molecular complexity index is 986. The second kappa shape index (κ2) is 9.21. The molecule has 0 fully saturated rings. The van der Waals surface area contributed by atoms with Gasteiger partial charge in [-0.05, 0) is 31.2 Å². The predicted octanol–water partition coefficient (Wildman–Crippen LogP) is 5.27.